The lowest BCUT2D eigenvalue weighted by Crippen LogP contribution is -2.15. The Hall–Kier alpha value is -1.16. The van der Waals surface area contributed by atoms with Gasteiger partial charge in [-0.25, -0.2) is 8.78 Å². The molecular formula is C15H13Cl2F2N. The molecule has 0 aliphatic carbocycles. The highest BCUT2D eigenvalue weighted by atomic mass is 35.5. The monoisotopic (exact) mass is 315 g/mol. The van der Waals surface area contributed by atoms with Crippen molar-refractivity contribution in [3.05, 3.63) is 68.7 Å². The van der Waals surface area contributed by atoms with E-state index >= 15 is 0 Å². The van der Waals surface area contributed by atoms with Crippen molar-refractivity contribution in [2.24, 2.45) is 5.73 Å². The predicted molar refractivity (Wildman–Crippen MR) is 78.2 cm³/mol. The SMILES string of the molecule is Cc1cc(F)c(C(N)Cc2ccc(Cl)c(Cl)c2)cc1F. The molecule has 2 aromatic carbocycles. The van der Waals surface area contributed by atoms with Crippen LogP contribution in [0.2, 0.25) is 10.0 Å². The van der Waals surface area contributed by atoms with Crippen LogP contribution in [0, 0.1) is 18.6 Å². The van der Waals surface area contributed by atoms with Crippen LogP contribution in [-0.2, 0) is 6.42 Å². The highest BCUT2D eigenvalue weighted by Gasteiger charge is 2.15. The van der Waals surface area contributed by atoms with Crippen LogP contribution >= 0.6 is 23.2 Å². The van der Waals surface area contributed by atoms with E-state index in [1.807, 2.05) is 0 Å². The van der Waals surface area contributed by atoms with Crippen LogP contribution in [0.3, 0.4) is 0 Å². The number of rotatable bonds is 3. The molecule has 0 radical (unpaired) electrons. The maximum Gasteiger partial charge on any atom is 0.128 e. The summed E-state index contributed by atoms with van der Waals surface area (Å²) >= 11 is 11.7. The van der Waals surface area contributed by atoms with Gasteiger partial charge >= 0.3 is 0 Å². The van der Waals surface area contributed by atoms with Crippen LogP contribution in [0.15, 0.2) is 30.3 Å². The molecule has 0 aromatic heterocycles. The van der Waals surface area contributed by atoms with Crippen LogP contribution in [0.5, 0.6) is 0 Å². The third kappa shape index (κ3) is 3.29. The van der Waals surface area contributed by atoms with Crippen molar-refractivity contribution in [3.63, 3.8) is 0 Å². The largest absolute Gasteiger partial charge is 0.324 e. The number of aryl methyl sites for hydroxylation is 1. The standard InChI is InChI=1S/C15H13Cl2F2N/c1-8-4-14(19)10(7-13(8)18)15(20)6-9-2-3-11(16)12(17)5-9/h2-5,7,15H,6,20H2,1H3. The van der Waals surface area contributed by atoms with Gasteiger partial charge in [-0.2, -0.15) is 0 Å². The molecule has 0 aliphatic rings. The molecule has 0 bridgehead atoms. The fourth-order valence-electron chi connectivity index (χ4n) is 1.98. The quantitative estimate of drug-likeness (QED) is 0.863. The van der Waals surface area contributed by atoms with Gasteiger partial charge in [-0.05, 0) is 48.7 Å². The smallest absolute Gasteiger partial charge is 0.128 e. The van der Waals surface area contributed by atoms with Crippen LogP contribution in [-0.4, -0.2) is 0 Å². The van der Waals surface area contributed by atoms with Gasteiger partial charge in [0, 0.05) is 11.6 Å². The van der Waals surface area contributed by atoms with E-state index in [2.05, 4.69) is 0 Å². The summed E-state index contributed by atoms with van der Waals surface area (Å²) in [7, 11) is 0. The molecule has 20 heavy (non-hydrogen) atoms. The molecule has 2 aromatic rings. The van der Waals surface area contributed by atoms with Crippen LogP contribution < -0.4 is 5.73 Å². The Kier molecular flexibility index (Phi) is 4.63. The summed E-state index contributed by atoms with van der Waals surface area (Å²) in [5.41, 5.74) is 7.17. The Bertz CT molecular complexity index is 644. The van der Waals surface area contributed by atoms with Gasteiger partial charge in [0.05, 0.1) is 10.0 Å². The number of hydrogen-bond acceptors (Lipinski definition) is 1. The second kappa shape index (κ2) is 6.08. The van der Waals surface area contributed by atoms with Crippen LogP contribution in [0.25, 0.3) is 0 Å². The molecule has 0 saturated heterocycles. The number of nitrogens with two attached hydrogens (primary N) is 1. The zero-order valence-electron chi connectivity index (χ0n) is 10.8. The number of halogens is 4. The molecule has 0 amide bonds. The first kappa shape index (κ1) is 15.2. The molecule has 106 valence electrons. The third-order valence-electron chi connectivity index (χ3n) is 3.12. The van der Waals surface area contributed by atoms with Gasteiger partial charge in [-0.1, -0.05) is 29.3 Å². The summed E-state index contributed by atoms with van der Waals surface area (Å²) < 4.78 is 27.3. The summed E-state index contributed by atoms with van der Waals surface area (Å²) in [6, 6.07) is 6.73. The van der Waals surface area contributed by atoms with E-state index in [4.69, 9.17) is 28.9 Å². The Morgan fingerprint density at radius 1 is 1.05 bits per heavy atom. The van der Waals surface area contributed by atoms with Crippen molar-refractivity contribution in [1.29, 1.82) is 0 Å². The van der Waals surface area contributed by atoms with E-state index in [1.54, 1.807) is 18.2 Å². The van der Waals surface area contributed by atoms with Crippen molar-refractivity contribution in [2.45, 2.75) is 19.4 Å². The van der Waals surface area contributed by atoms with Crippen molar-refractivity contribution in [2.75, 3.05) is 0 Å². The lowest BCUT2D eigenvalue weighted by molar-refractivity contribution is 0.556. The van der Waals surface area contributed by atoms with Crippen molar-refractivity contribution >= 4 is 23.2 Å². The van der Waals surface area contributed by atoms with Gasteiger partial charge in [-0.3, -0.25) is 0 Å². The van der Waals surface area contributed by atoms with Gasteiger partial charge in [0.15, 0.2) is 0 Å². The zero-order valence-corrected chi connectivity index (χ0v) is 12.3. The van der Waals surface area contributed by atoms with Gasteiger partial charge in [0.1, 0.15) is 11.6 Å². The molecule has 1 unspecified atom stereocenters. The number of benzene rings is 2. The first-order valence-corrected chi connectivity index (χ1v) is 6.79. The maximum absolute atomic E-state index is 13.8. The Morgan fingerprint density at radius 3 is 2.40 bits per heavy atom. The topological polar surface area (TPSA) is 26.0 Å². The van der Waals surface area contributed by atoms with Gasteiger partial charge in [0.25, 0.3) is 0 Å². The highest BCUT2D eigenvalue weighted by molar-refractivity contribution is 6.42. The van der Waals surface area contributed by atoms with E-state index in [9.17, 15) is 8.78 Å². The summed E-state index contributed by atoms with van der Waals surface area (Å²) in [6.45, 7) is 1.51. The first-order valence-electron chi connectivity index (χ1n) is 6.03. The predicted octanol–water partition coefficient (Wildman–Crippen LogP) is 4.82. The minimum atomic E-state index is -0.651. The molecule has 0 aliphatic heterocycles. The lowest BCUT2D eigenvalue weighted by atomic mass is 9.98. The molecule has 0 spiro atoms. The Labute approximate surface area is 126 Å². The Balaban J connectivity index is 2.25. The molecule has 1 nitrogen and oxygen atoms in total. The zero-order chi connectivity index (χ0) is 14.9. The average Bonchev–Trinajstić information content (AvgIpc) is 2.38. The molecule has 0 saturated carbocycles. The minimum Gasteiger partial charge on any atom is -0.324 e. The van der Waals surface area contributed by atoms with Crippen LogP contribution in [0.1, 0.15) is 22.7 Å². The normalized spacial score (nSPS) is 12.5. The molecule has 1 atom stereocenters. The third-order valence-corrected chi connectivity index (χ3v) is 3.86. The second-order valence-electron chi connectivity index (χ2n) is 4.68. The van der Waals surface area contributed by atoms with E-state index in [0.29, 0.717) is 16.5 Å². The summed E-state index contributed by atoms with van der Waals surface area (Å²) in [4.78, 5) is 0. The molecular weight excluding hydrogens is 303 g/mol. The van der Waals surface area contributed by atoms with E-state index in [0.717, 1.165) is 17.7 Å². The lowest BCUT2D eigenvalue weighted by Gasteiger charge is -2.14. The van der Waals surface area contributed by atoms with Gasteiger partial charge < -0.3 is 5.73 Å². The Morgan fingerprint density at radius 2 is 1.75 bits per heavy atom. The molecule has 0 heterocycles. The maximum atomic E-state index is 13.8. The summed E-state index contributed by atoms with van der Waals surface area (Å²) in [6.07, 6.45) is 0.344. The molecule has 0 fully saturated rings. The van der Waals surface area contributed by atoms with E-state index in [-0.39, 0.29) is 11.1 Å². The van der Waals surface area contributed by atoms with Crippen molar-refractivity contribution in [1.82, 2.24) is 0 Å². The minimum absolute atomic E-state index is 0.152. The first-order chi connectivity index (χ1) is 9.38. The molecule has 2 N–H and O–H groups in total. The van der Waals surface area contributed by atoms with Gasteiger partial charge in [-0.15, -0.1) is 0 Å². The van der Waals surface area contributed by atoms with E-state index < -0.39 is 17.7 Å². The highest BCUT2D eigenvalue weighted by Crippen LogP contribution is 2.26. The van der Waals surface area contributed by atoms with Crippen molar-refractivity contribution < 1.29 is 8.78 Å². The van der Waals surface area contributed by atoms with Crippen molar-refractivity contribution in [3.8, 4) is 0 Å². The second-order valence-corrected chi connectivity index (χ2v) is 5.50. The molecule has 5 heteroatoms. The fraction of sp³-hybridized carbons (Fsp3) is 0.200. The summed E-state index contributed by atoms with van der Waals surface area (Å²) in [5, 5.41) is 0.850. The fourth-order valence-corrected chi connectivity index (χ4v) is 2.30. The summed E-state index contributed by atoms with van der Waals surface area (Å²) in [5.74, 6) is -0.970. The average molecular weight is 316 g/mol. The van der Waals surface area contributed by atoms with E-state index in [1.165, 1.54) is 6.92 Å². The van der Waals surface area contributed by atoms with Gasteiger partial charge in [0.2, 0.25) is 0 Å². The number of hydrogen-bond donors (Lipinski definition) is 1. The van der Waals surface area contributed by atoms with Crippen LogP contribution in [0.4, 0.5) is 8.78 Å². The molecule has 2 rings (SSSR count).